The Bertz CT molecular complexity index is 269. The van der Waals surface area contributed by atoms with Gasteiger partial charge in [-0.25, -0.2) is 0 Å². The van der Waals surface area contributed by atoms with E-state index in [0.29, 0.717) is 0 Å². The Labute approximate surface area is 125 Å². The van der Waals surface area contributed by atoms with Gasteiger partial charge in [-0.05, 0) is 32.9 Å². The van der Waals surface area contributed by atoms with E-state index >= 15 is 0 Å². The van der Waals surface area contributed by atoms with Gasteiger partial charge in [-0.15, -0.1) is 0 Å². The lowest BCUT2D eigenvalue weighted by Crippen LogP contribution is -2.61. The van der Waals surface area contributed by atoms with E-state index in [1.54, 1.807) is 0 Å². The molecule has 2 aliphatic heterocycles. The minimum atomic E-state index is 0.827. The molecule has 2 heterocycles. The second kappa shape index (κ2) is 8.32. The van der Waals surface area contributed by atoms with Gasteiger partial charge in [-0.2, -0.15) is 0 Å². The summed E-state index contributed by atoms with van der Waals surface area (Å²) in [4.78, 5) is 2.68. The van der Waals surface area contributed by atoms with Crippen LogP contribution in [-0.4, -0.2) is 80.9 Å². The van der Waals surface area contributed by atoms with Crippen LogP contribution in [0.5, 0.6) is 0 Å². The van der Waals surface area contributed by atoms with Crippen molar-refractivity contribution in [1.82, 2.24) is 15.5 Å². The maximum atomic E-state index is 3.67. The van der Waals surface area contributed by atoms with Crippen molar-refractivity contribution in [1.29, 1.82) is 0 Å². The lowest BCUT2D eigenvalue weighted by Gasteiger charge is -2.46. The van der Waals surface area contributed by atoms with Crippen LogP contribution in [0, 0.1) is 0 Å². The summed E-state index contributed by atoms with van der Waals surface area (Å²) >= 11 is 0. The smallest absolute Gasteiger partial charge is 0.0918 e. The third-order valence-electron chi connectivity index (χ3n) is 5.56. The minimum absolute atomic E-state index is 0.827. The monoisotopic (exact) mass is 283 g/mol. The van der Waals surface area contributed by atoms with Gasteiger partial charge in [0.15, 0.2) is 0 Å². The number of hydrogen-bond acceptors (Lipinski definition) is 3. The molecular formula is C16H35N4+. The van der Waals surface area contributed by atoms with E-state index in [2.05, 4.69) is 29.4 Å². The lowest BCUT2D eigenvalue weighted by atomic mass is 10.0. The summed E-state index contributed by atoms with van der Waals surface area (Å²) in [7, 11) is 0. The van der Waals surface area contributed by atoms with E-state index in [9.17, 15) is 0 Å². The van der Waals surface area contributed by atoms with Crippen LogP contribution in [-0.2, 0) is 0 Å². The van der Waals surface area contributed by atoms with Gasteiger partial charge in [0.05, 0.1) is 25.7 Å². The fourth-order valence-electron chi connectivity index (χ4n) is 4.08. The van der Waals surface area contributed by atoms with Crippen molar-refractivity contribution in [2.45, 2.75) is 39.2 Å². The molecule has 0 aromatic rings. The second-order valence-corrected chi connectivity index (χ2v) is 6.53. The van der Waals surface area contributed by atoms with Crippen molar-refractivity contribution in [2.75, 3.05) is 65.4 Å². The van der Waals surface area contributed by atoms with Crippen LogP contribution >= 0.6 is 0 Å². The number of hydrogen-bond donors (Lipinski definition) is 2. The average Bonchev–Trinajstić information content (AvgIpc) is 2.49. The molecule has 4 nitrogen and oxygen atoms in total. The van der Waals surface area contributed by atoms with Crippen LogP contribution in [0.15, 0.2) is 0 Å². The Kier molecular flexibility index (Phi) is 6.75. The molecule has 0 amide bonds. The summed E-state index contributed by atoms with van der Waals surface area (Å²) in [6, 6.07) is 0.827. The Morgan fingerprint density at radius 2 is 1.80 bits per heavy atom. The van der Waals surface area contributed by atoms with Crippen LogP contribution in [0.3, 0.4) is 0 Å². The molecule has 0 aromatic carbocycles. The molecule has 118 valence electrons. The third-order valence-corrected chi connectivity index (χ3v) is 5.56. The van der Waals surface area contributed by atoms with Crippen LogP contribution in [0.4, 0.5) is 0 Å². The van der Waals surface area contributed by atoms with Gasteiger partial charge in [0.2, 0.25) is 0 Å². The first kappa shape index (κ1) is 16.2. The summed E-state index contributed by atoms with van der Waals surface area (Å²) in [5, 5.41) is 7.33. The van der Waals surface area contributed by atoms with Gasteiger partial charge in [-0.1, -0.05) is 6.92 Å². The minimum Gasteiger partial charge on any atom is -0.319 e. The standard InChI is InChI=1S/C16H35N4/c1-3-16-6-8-18-9-12-19-11-5-7-17-10-14-20(16,4-2)15-13-19/h16-18H,3-15H2,1-2H3/q+1. The molecular weight excluding hydrogens is 248 g/mol. The molecule has 0 radical (unpaired) electrons. The number of nitrogens with zero attached hydrogens (tertiary/aromatic N) is 2. The number of fused-ring (bicyclic) bond motifs is 3. The van der Waals surface area contributed by atoms with Crippen molar-refractivity contribution in [2.24, 2.45) is 0 Å². The number of nitrogens with one attached hydrogen (secondary N) is 2. The Hall–Kier alpha value is -0.160. The SMILES string of the molecule is CCC1CCNCCN2CCCNCC[N+]1(CC)CC2. The van der Waals surface area contributed by atoms with Gasteiger partial charge in [0, 0.05) is 39.1 Å². The molecule has 20 heavy (non-hydrogen) atoms. The molecule has 3 atom stereocenters. The molecule has 2 saturated heterocycles. The van der Waals surface area contributed by atoms with Crippen LogP contribution < -0.4 is 10.6 Å². The van der Waals surface area contributed by atoms with E-state index in [1.165, 1.54) is 82.6 Å². The first-order valence-corrected chi connectivity index (χ1v) is 8.80. The first-order chi connectivity index (χ1) is 9.80. The van der Waals surface area contributed by atoms with Crippen molar-refractivity contribution in [3.63, 3.8) is 0 Å². The van der Waals surface area contributed by atoms with E-state index in [4.69, 9.17) is 0 Å². The van der Waals surface area contributed by atoms with E-state index < -0.39 is 0 Å². The molecule has 4 heteroatoms. The highest BCUT2D eigenvalue weighted by atomic mass is 15.4. The number of rotatable bonds is 2. The Morgan fingerprint density at radius 1 is 0.950 bits per heavy atom. The molecule has 2 fully saturated rings. The van der Waals surface area contributed by atoms with Crippen LogP contribution in [0.1, 0.15) is 33.1 Å². The molecule has 2 N–H and O–H groups in total. The maximum Gasteiger partial charge on any atom is 0.0918 e. The summed E-state index contributed by atoms with van der Waals surface area (Å²) < 4.78 is 1.32. The third kappa shape index (κ3) is 4.17. The molecule has 2 rings (SSSR count). The molecule has 0 spiro atoms. The normalized spacial score (nSPS) is 37.5. The van der Waals surface area contributed by atoms with Crippen molar-refractivity contribution < 1.29 is 4.48 Å². The van der Waals surface area contributed by atoms with Crippen LogP contribution in [0.25, 0.3) is 0 Å². The predicted octanol–water partition coefficient (Wildman–Crippen LogP) is 0.890. The molecule has 2 bridgehead atoms. The highest BCUT2D eigenvalue weighted by Crippen LogP contribution is 2.20. The van der Waals surface area contributed by atoms with E-state index in [1.807, 2.05) is 0 Å². The van der Waals surface area contributed by atoms with Gasteiger partial charge in [0.1, 0.15) is 0 Å². The van der Waals surface area contributed by atoms with E-state index in [-0.39, 0.29) is 0 Å². The second-order valence-electron chi connectivity index (χ2n) is 6.53. The van der Waals surface area contributed by atoms with Gasteiger partial charge in [-0.3, -0.25) is 4.90 Å². The predicted molar refractivity (Wildman–Crippen MR) is 86.0 cm³/mol. The zero-order valence-electron chi connectivity index (χ0n) is 13.7. The molecule has 0 aliphatic carbocycles. The van der Waals surface area contributed by atoms with Crippen molar-refractivity contribution >= 4 is 0 Å². The quantitative estimate of drug-likeness (QED) is 0.737. The highest BCUT2D eigenvalue weighted by Gasteiger charge is 2.34. The van der Waals surface area contributed by atoms with Gasteiger partial charge in [0.25, 0.3) is 0 Å². The zero-order chi connectivity index (χ0) is 14.3. The summed E-state index contributed by atoms with van der Waals surface area (Å²) in [6.45, 7) is 17.2. The summed E-state index contributed by atoms with van der Waals surface area (Å²) in [5.74, 6) is 0. The average molecular weight is 283 g/mol. The maximum absolute atomic E-state index is 3.67. The number of quaternary nitrogens is 1. The topological polar surface area (TPSA) is 27.3 Å². The van der Waals surface area contributed by atoms with Crippen molar-refractivity contribution in [3.05, 3.63) is 0 Å². The molecule has 3 unspecified atom stereocenters. The fraction of sp³-hybridized carbons (Fsp3) is 1.00. The van der Waals surface area contributed by atoms with Gasteiger partial charge >= 0.3 is 0 Å². The first-order valence-electron chi connectivity index (χ1n) is 8.80. The lowest BCUT2D eigenvalue weighted by molar-refractivity contribution is -0.948. The van der Waals surface area contributed by atoms with E-state index in [0.717, 1.165) is 12.6 Å². The highest BCUT2D eigenvalue weighted by molar-refractivity contribution is 4.70. The number of likely N-dealkylation sites (N-methyl/N-ethyl adjacent to an activating group) is 1. The Morgan fingerprint density at radius 3 is 2.60 bits per heavy atom. The van der Waals surface area contributed by atoms with Gasteiger partial charge < -0.3 is 15.1 Å². The Balaban J connectivity index is 2.15. The molecule has 0 saturated carbocycles. The largest absolute Gasteiger partial charge is 0.319 e. The van der Waals surface area contributed by atoms with Crippen LogP contribution in [0.2, 0.25) is 0 Å². The molecule has 2 aliphatic rings. The molecule has 0 aromatic heterocycles. The summed E-state index contributed by atoms with van der Waals surface area (Å²) in [6.07, 6.45) is 3.95. The zero-order valence-corrected chi connectivity index (χ0v) is 13.7. The van der Waals surface area contributed by atoms with Crippen molar-refractivity contribution in [3.8, 4) is 0 Å². The summed E-state index contributed by atoms with van der Waals surface area (Å²) in [5.41, 5.74) is 0. The fourth-order valence-corrected chi connectivity index (χ4v) is 4.08.